The summed E-state index contributed by atoms with van der Waals surface area (Å²) in [6.45, 7) is 0. The second-order valence-electron chi connectivity index (χ2n) is 7.25. The first-order chi connectivity index (χ1) is 13.7. The summed E-state index contributed by atoms with van der Waals surface area (Å²) in [6, 6.07) is 6.54. The first-order valence-electron chi connectivity index (χ1n) is 9.51. The highest BCUT2D eigenvalue weighted by molar-refractivity contribution is 5.79. The van der Waals surface area contributed by atoms with Crippen molar-refractivity contribution < 1.29 is 9.30 Å². The van der Waals surface area contributed by atoms with Crippen molar-refractivity contribution >= 4 is 28.1 Å². The highest BCUT2D eigenvalue weighted by Crippen LogP contribution is 2.23. The minimum atomic E-state index is 0.308. The van der Waals surface area contributed by atoms with E-state index < -0.39 is 0 Å². The minimum absolute atomic E-state index is 0.308. The summed E-state index contributed by atoms with van der Waals surface area (Å²) in [6.07, 6.45) is 7.63. The van der Waals surface area contributed by atoms with Gasteiger partial charge >= 0.3 is 5.95 Å². The summed E-state index contributed by atoms with van der Waals surface area (Å²) in [7, 11) is 1.66. The van der Waals surface area contributed by atoms with E-state index in [1.165, 1.54) is 0 Å². The second-order valence-corrected chi connectivity index (χ2v) is 7.25. The van der Waals surface area contributed by atoms with E-state index in [-0.39, 0.29) is 0 Å². The van der Waals surface area contributed by atoms with E-state index in [0.717, 1.165) is 53.8 Å². The molecule has 0 aliphatic heterocycles. The maximum Gasteiger partial charge on any atom is 0.302 e. The van der Waals surface area contributed by atoms with E-state index in [1.807, 2.05) is 29.1 Å². The van der Waals surface area contributed by atoms with Crippen molar-refractivity contribution in [1.82, 2.24) is 24.9 Å². The molecule has 0 bridgehead atoms. The number of imidazole rings is 2. The van der Waals surface area contributed by atoms with Crippen LogP contribution >= 0.6 is 0 Å². The molecule has 0 radical (unpaired) electrons. The predicted octanol–water partition coefficient (Wildman–Crippen LogP) is 1.80. The first kappa shape index (κ1) is 16.9. The van der Waals surface area contributed by atoms with Crippen LogP contribution in [0.1, 0.15) is 25.7 Å². The standard InChI is InChI=1S/C19H22N8O/c1-28-13-6-7-15-14(8-13)23-10-27(15)18-16-17(22-9-21-16)25-19(26-18)24-12-4-2-11(20)3-5-12/h6-12H,2-5,20H2,1H3,(H2,21,22,24,25,26)/p+1. The molecule has 3 heterocycles. The van der Waals surface area contributed by atoms with Crippen LogP contribution < -0.4 is 20.4 Å². The molecule has 0 unspecified atom stereocenters. The van der Waals surface area contributed by atoms with Gasteiger partial charge in [0.05, 0.1) is 13.4 Å². The fraction of sp³-hybridized carbons (Fsp3) is 0.368. The van der Waals surface area contributed by atoms with Crippen molar-refractivity contribution in [3.63, 3.8) is 0 Å². The number of nitrogens with two attached hydrogens (primary N) is 1. The van der Waals surface area contributed by atoms with Gasteiger partial charge in [-0.2, -0.15) is 9.55 Å². The zero-order valence-corrected chi connectivity index (χ0v) is 15.6. The Hall–Kier alpha value is -3.20. The number of methoxy groups -OCH3 is 1. The van der Waals surface area contributed by atoms with Crippen LogP contribution in [0.4, 0.5) is 5.95 Å². The molecule has 0 spiro atoms. The molecule has 1 fully saturated rings. The van der Waals surface area contributed by atoms with E-state index in [0.29, 0.717) is 23.7 Å². The molecule has 1 saturated carbocycles. The molecule has 5 N–H and O–H groups in total. The zero-order valence-electron chi connectivity index (χ0n) is 15.6. The Morgan fingerprint density at radius 1 is 1.18 bits per heavy atom. The number of fused-ring (bicyclic) bond motifs is 2. The number of H-pyrrole nitrogens is 2. The van der Waals surface area contributed by atoms with Gasteiger partial charge in [-0.1, -0.05) is 4.98 Å². The molecule has 28 heavy (non-hydrogen) atoms. The van der Waals surface area contributed by atoms with Gasteiger partial charge in [0.2, 0.25) is 0 Å². The van der Waals surface area contributed by atoms with Crippen LogP contribution in [0.5, 0.6) is 5.75 Å². The van der Waals surface area contributed by atoms with Crippen LogP contribution in [-0.2, 0) is 0 Å². The summed E-state index contributed by atoms with van der Waals surface area (Å²) < 4.78 is 7.32. The molecular weight excluding hydrogens is 356 g/mol. The molecule has 9 heteroatoms. The number of hydrogen-bond acceptors (Lipinski definition) is 6. The number of ether oxygens (including phenoxy) is 1. The van der Waals surface area contributed by atoms with Gasteiger partial charge in [-0.15, -0.1) is 0 Å². The molecule has 0 atom stereocenters. The topological polar surface area (TPSA) is 121 Å². The van der Waals surface area contributed by atoms with E-state index in [1.54, 1.807) is 13.4 Å². The Labute approximate surface area is 161 Å². The van der Waals surface area contributed by atoms with Crippen LogP contribution in [0.2, 0.25) is 0 Å². The Balaban J connectivity index is 1.56. The van der Waals surface area contributed by atoms with E-state index in [4.69, 9.17) is 15.5 Å². The molecule has 3 aromatic heterocycles. The molecular formula is C19H23N8O+. The number of aromatic amines is 2. The number of aromatic nitrogens is 6. The van der Waals surface area contributed by atoms with Crippen molar-refractivity contribution in [1.29, 1.82) is 0 Å². The number of nitrogens with zero attached hydrogens (tertiary/aromatic N) is 4. The van der Waals surface area contributed by atoms with Gasteiger partial charge in [0.15, 0.2) is 17.5 Å². The quantitative estimate of drug-likeness (QED) is 0.401. The molecule has 1 aliphatic rings. The summed E-state index contributed by atoms with van der Waals surface area (Å²) in [5.74, 6) is 2.13. The van der Waals surface area contributed by atoms with Crippen LogP contribution in [0, 0.1) is 0 Å². The fourth-order valence-electron chi connectivity index (χ4n) is 3.85. The molecule has 144 valence electrons. The SMILES string of the molecule is COc1ccc2c(c1)[nH]c[n+]2-c1nc(NC2CCC(N)CC2)nc2nc[nH]c12. The zero-order chi connectivity index (χ0) is 19.1. The lowest BCUT2D eigenvalue weighted by atomic mass is 9.92. The molecule has 1 aromatic carbocycles. The molecule has 0 saturated heterocycles. The van der Waals surface area contributed by atoms with Crippen molar-refractivity contribution in [2.45, 2.75) is 37.8 Å². The van der Waals surface area contributed by atoms with Crippen LogP contribution in [0.3, 0.4) is 0 Å². The van der Waals surface area contributed by atoms with Crippen molar-refractivity contribution in [2.75, 3.05) is 12.4 Å². The molecule has 0 amide bonds. The summed E-state index contributed by atoms with van der Waals surface area (Å²) in [5.41, 5.74) is 9.40. The second kappa shape index (κ2) is 6.75. The fourth-order valence-corrected chi connectivity index (χ4v) is 3.85. The number of benzene rings is 1. The van der Waals surface area contributed by atoms with Crippen LogP contribution in [0.25, 0.3) is 28.0 Å². The van der Waals surface area contributed by atoms with Gasteiger partial charge in [0.1, 0.15) is 16.8 Å². The Bertz CT molecular complexity index is 1130. The Kier molecular flexibility index (Phi) is 4.09. The third-order valence-corrected chi connectivity index (χ3v) is 5.41. The monoisotopic (exact) mass is 379 g/mol. The molecule has 4 aromatic rings. The highest BCUT2D eigenvalue weighted by atomic mass is 16.5. The maximum atomic E-state index is 6.02. The van der Waals surface area contributed by atoms with E-state index in [2.05, 4.69) is 25.3 Å². The summed E-state index contributed by atoms with van der Waals surface area (Å²) in [5, 5.41) is 3.48. The van der Waals surface area contributed by atoms with Gasteiger partial charge in [-0.3, -0.25) is 4.98 Å². The van der Waals surface area contributed by atoms with Gasteiger partial charge in [-0.25, -0.2) is 4.98 Å². The Morgan fingerprint density at radius 3 is 2.86 bits per heavy atom. The van der Waals surface area contributed by atoms with Gasteiger partial charge in [-0.05, 0) is 37.8 Å². The lowest BCUT2D eigenvalue weighted by Gasteiger charge is -2.26. The summed E-state index contributed by atoms with van der Waals surface area (Å²) >= 11 is 0. The van der Waals surface area contributed by atoms with Gasteiger partial charge in [0.25, 0.3) is 5.82 Å². The number of anilines is 1. The van der Waals surface area contributed by atoms with Crippen LogP contribution in [0.15, 0.2) is 30.9 Å². The minimum Gasteiger partial charge on any atom is -0.497 e. The maximum absolute atomic E-state index is 6.02. The molecule has 1 aliphatic carbocycles. The van der Waals surface area contributed by atoms with Crippen molar-refractivity contribution in [3.8, 4) is 11.6 Å². The normalized spacial score (nSPS) is 19.9. The molecule has 9 nitrogen and oxygen atoms in total. The van der Waals surface area contributed by atoms with E-state index in [9.17, 15) is 0 Å². The largest absolute Gasteiger partial charge is 0.497 e. The third-order valence-electron chi connectivity index (χ3n) is 5.41. The molecule has 5 rings (SSSR count). The van der Waals surface area contributed by atoms with E-state index >= 15 is 0 Å². The average molecular weight is 379 g/mol. The van der Waals surface area contributed by atoms with Crippen molar-refractivity contribution in [2.24, 2.45) is 5.73 Å². The number of rotatable bonds is 4. The average Bonchev–Trinajstić information content (AvgIpc) is 3.35. The third kappa shape index (κ3) is 2.93. The van der Waals surface area contributed by atoms with Crippen LogP contribution in [-0.4, -0.2) is 44.1 Å². The Morgan fingerprint density at radius 2 is 2.04 bits per heavy atom. The first-order valence-corrected chi connectivity index (χ1v) is 9.51. The highest BCUT2D eigenvalue weighted by Gasteiger charge is 2.24. The van der Waals surface area contributed by atoms with Gasteiger partial charge < -0.3 is 20.8 Å². The smallest absolute Gasteiger partial charge is 0.302 e. The van der Waals surface area contributed by atoms with Gasteiger partial charge in [0, 0.05) is 18.2 Å². The number of nitrogens with one attached hydrogen (secondary N) is 3. The number of hydrogen-bond donors (Lipinski definition) is 4. The summed E-state index contributed by atoms with van der Waals surface area (Å²) in [4.78, 5) is 20.2. The lowest BCUT2D eigenvalue weighted by Crippen LogP contribution is -2.34. The predicted molar refractivity (Wildman–Crippen MR) is 105 cm³/mol. The lowest BCUT2D eigenvalue weighted by molar-refractivity contribution is -0.569. The van der Waals surface area contributed by atoms with Crippen molar-refractivity contribution in [3.05, 3.63) is 30.9 Å².